The molecule has 9 heteroatoms. The first-order valence-electron chi connectivity index (χ1n) is 8.04. The van der Waals surface area contributed by atoms with Gasteiger partial charge < -0.3 is 9.88 Å². The van der Waals surface area contributed by atoms with Crippen LogP contribution in [-0.4, -0.2) is 43.0 Å². The first kappa shape index (κ1) is 18.9. The number of pyridine rings is 1. The van der Waals surface area contributed by atoms with Crippen molar-refractivity contribution in [3.8, 4) is 11.4 Å². The molecule has 0 aliphatic rings. The molecule has 0 aliphatic carbocycles. The van der Waals surface area contributed by atoms with Gasteiger partial charge in [0, 0.05) is 30.5 Å². The second-order valence-electron chi connectivity index (χ2n) is 5.66. The first-order valence-corrected chi connectivity index (χ1v) is 8.92. The Bertz CT molecular complexity index is 731. The van der Waals surface area contributed by atoms with E-state index in [1.165, 1.54) is 11.8 Å². The van der Waals surface area contributed by atoms with Crippen LogP contribution < -0.4 is 10.6 Å². The molecule has 8 nitrogen and oxygen atoms in total. The zero-order valence-corrected chi connectivity index (χ0v) is 15.5. The van der Waals surface area contributed by atoms with E-state index in [0.717, 1.165) is 11.4 Å². The highest BCUT2D eigenvalue weighted by atomic mass is 32.2. The molecule has 0 spiro atoms. The summed E-state index contributed by atoms with van der Waals surface area (Å²) >= 11 is 1.26. The Kier molecular flexibility index (Phi) is 6.51. The number of carbonyl (C=O) groups excluding carboxylic acids is 2. The van der Waals surface area contributed by atoms with E-state index in [1.54, 1.807) is 19.3 Å². The van der Waals surface area contributed by atoms with E-state index in [1.807, 2.05) is 37.5 Å². The van der Waals surface area contributed by atoms with Gasteiger partial charge >= 0.3 is 6.03 Å². The lowest BCUT2D eigenvalue weighted by molar-refractivity contribution is -0.119. The van der Waals surface area contributed by atoms with E-state index in [-0.39, 0.29) is 11.9 Å². The summed E-state index contributed by atoms with van der Waals surface area (Å²) in [7, 11) is 0. The van der Waals surface area contributed by atoms with Crippen LogP contribution in [-0.2, 0) is 11.3 Å². The van der Waals surface area contributed by atoms with Crippen LogP contribution >= 0.6 is 11.8 Å². The number of aromatic nitrogens is 4. The fourth-order valence-electron chi connectivity index (χ4n) is 2.10. The maximum absolute atomic E-state index is 12.2. The smallest absolute Gasteiger partial charge is 0.321 e. The number of carbonyl (C=O) groups is 2. The van der Waals surface area contributed by atoms with Gasteiger partial charge in [-0.2, -0.15) is 0 Å². The zero-order valence-electron chi connectivity index (χ0n) is 14.7. The average Bonchev–Trinajstić information content (AvgIpc) is 2.97. The zero-order chi connectivity index (χ0) is 18.4. The lowest BCUT2D eigenvalue weighted by atomic mass is 10.2. The summed E-state index contributed by atoms with van der Waals surface area (Å²) in [4.78, 5) is 27.8. The van der Waals surface area contributed by atoms with E-state index in [2.05, 4.69) is 25.8 Å². The predicted octanol–water partition coefficient (Wildman–Crippen LogP) is 2.07. The lowest BCUT2D eigenvalue weighted by Gasteiger charge is -2.13. The number of nitrogens with zero attached hydrogens (tertiary/aromatic N) is 4. The fraction of sp³-hybridized carbons (Fsp3) is 0.438. The van der Waals surface area contributed by atoms with Crippen molar-refractivity contribution < 1.29 is 9.59 Å². The van der Waals surface area contributed by atoms with Crippen molar-refractivity contribution >= 4 is 23.7 Å². The Hall–Kier alpha value is -2.42. The summed E-state index contributed by atoms with van der Waals surface area (Å²) in [5.74, 6) is 0.344. The normalized spacial score (nSPS) is 12.0. The van der Waals surface area contributed by atoms with Gasteiger partial charge in [0.25, 0.3) is 0 Å². The van der Waals surface area contributed by atoms with Crippen LogP contribution in [0.1, 0.15) is 27.7 Å². The molecule has 1 atom stereocenters. The Morgan fingerprint density at radius 1 is 1.20 bits per heavy atom. The van der Waals surface area contributed by atoms with E-state index in [9.17, 15) is 9.59 Å². The number of hydrogen-bond donors (Lipinski definition) is 2. The number of amides is 3. The molecule has 134 valence electrons. The van der Waals surface area contributed by atoms with E-state index in [4.69, 9.17) is 0 Å². The van der Waals surface area contributed by atoms with E-state index in [0.29, 0.717) is 11.7 Å². The molecule has 2 aromatic heterocycles. The van der Waals surface area contributed by atoms with Crippen LogP contribution in [0.25, 0.3) is 11.4 Å². The summed E-state index contributed by atoms with van der Waals surface area (Å²) in [6.07, 6.45) is 3.39. The predicted molar refractivity (Wildman–Crippen MR) is 96.1 cm³/mol. The third-order valence-corrected chi connectivity index (χ3v) is 4.36. The molecule has 25 heavy (non-hydrogen) atoms. The topological polar surface area (TPSA) is 102 Å². The standard InChI is InChI=1S/C16H22N6O2S/c1-5-22-13(12-6-8-17-9-7-12)20-21-16(22)25-11(4)14(23)19-15(24)18-10(2)3/h6-11H,5H2,1-4H3,(H2,18,19,23,24)/t11-/m1/s1. The number of rotatable bonds is 6. The molecule has 0 aliphatic heterocycles. The summed E-state index contributed by atoms with van der Waals surface area (Å²) in [5.41, 5.74) is 0.907. The maximum Gasteiger partial charge on any atom is 0.321 e. The molecule has 2 N–H and O–H groups in total. The Morgan fingerprint density at radius 3 is 2.48 bits per heavy atom. The van der Waals surface area contributed by atoms with Crippen molar-refractivity contribution in [1.82, 2.24) is 30.4 Å². The molecule has 3 amide bonds. The van der Waals surface area contributed by atoms with Gasteiger partial charge in [0.05, 0.1) is 5.25 Å². The largest absolute Gasteiger partial charge is 0.336 e. The molecule has 0 bridgehead atoms. The van der Waals surface area contributed by atoms with Gasteiger partial charge in [-0.25, -0.2) is 4.79 Å². The fourth-order valence-corrected chi connectivity index (χ4v) is 3.01. The molecule has 0 saturated carbocycles. The molecule has 2 heterocycles. The molecule has 2 aromatic rings. The molecular weight excluding hydrogens is 340 g/mol. The van der Waals surface area contributed by atoms with Crippen molar-refractivity contribution in [2.75, 3.05) is 0 Å². The molecule has 0 aromatic carbocycles. The van der Waals surface area contributed by atoms with Crippen molar-refractivity contribution in [1.29, 1.82) is 0 Å². The summed E-state index contributed by atoms with van der Waals surface area (Å²) in [6.45, 7) is 8.02. The number of nitrogens with one attached hydrogen (secondary N) is 2. The highest BCUT2D eigenvalue weighted by molar-refractivity contribution is 8.00. The highest BCUT2D eigenvalue weighted by Gasteiger charge is 2.21. The number of hydrogen-bond acceptors (Lipinski definition) is 6. The van der Waals surface area contributed by atoms with Gasteiger partial charge in [0.2, 0.25) is 5.91 Å². The van der Waals surface area contributed by atoms with Crippen molar-refractivity contribution in [3.05, 3.63) is 24.5 Å². The maximum atomic E-state index is 12.2. The Labute approximate surface area is 150 Å². The molecule has 2 rings (SSSR count). The van der Waals surface area contributed by atoms with Gasteiger partial charge in [0.15, 0.2) is 11.0 Å². The number of thioether (sulfide) groups is 1. The van der Waals surface area contributed by atoms with Gasteiger partial charge in [-0.1, -0.05) is 11.8 Å². The van der Waals surface area contributed by atoms with E-state index >= 15 is 0 Å². The average molecular weight is 362 g/mol. The van der Waals surface area contributed by atoms with Crippen molar-refractivity contribution in [2.45, 2.75) is 50.7 Å². The lowest BCUT2D eigenvalue weighted by Crippen LogP contribution is -2.45. The second-order valence-corrected chi connectivity index (χ2v) is 6.97. The number of urea groups is 1. The van der Waals surface area contributed by atoms with Gasteiger partial charge in [-0.3, -0.25) is 15.1 Å². The minimum absolute atomic E-state index is 0.0399. The second kappa shape index (κ2) is 8.61. The third kappa shape index (κ3) is 5.02. The van der Waals surface area contributed by atoms with Crippen LogP contribution in [0.15, 0.2) is 29.7 Å². The monoisotopic (exact) mass is 362 g/mol. The van der Waals surface area contributed by atoms with Gasteiger partial charge in [-0.15, -0.1) is 10.2 Å². The molecule has 0 saturated heterocycles. The Balaban J connectivity index is 2.08. The Morgan fingerprint density at radius 2 is 1.88 bits per heavy atom. The SMILES string of the molecule is CCn1c(S[C@H](C)C(=O)NC(=O)NC(C)C)nnc1-c1ccncc1. The van der Waals surface area contributed by atoms with Crippen LogP contribution in [0.5, 0.6) is 0 Å². The minimum Gasteiger partial charge on any atom is -0.336 e. The molecule has 0 radical (unpaired) electrons. The molecular formula is C16H22N6O2S. The summed E-state index contributed by atoms with van der Waals surface area (Å²) in [5, 5.41) is 13.5. The van der Waals surface area contributed by atoms with Gasteiger partial charge in [0.1, 0.15) is 0 Å². The van der Waals surface area contributed by atoms with Crippen molar-refractivity contribution in [2.24, 2.45) is 0 Å². The summed E-state index contributed by atoms with van der Waals surface area (Å²) < 4.78 is 1.93. The van der Waals surface area contributed by atoms with Crippen LogP contribution in [0, 0.1) is 0 Å². The highest BCUT2D eigenvalue weighted by Crippen LogP contribution is 2.26. The minimum atomic E-state index is -0.498. The van der Waals surface area contributed by atoms with E-state index < -0.39 is 11.3 Å². The van der Waals surface area contributed by atoms with Crippen LogP contribution in [0.4, 0.5) is 4.79 Å². The van der Waals surface area contributed by atoms with Crippen LogP contribution in [0.3, 0.4) is 0 Å². The van der Waals surface area contributed by atoms with Crippen molar-refractivity contribution in [3.63, 3.8) is 0 Å². The number of imide groups is 1. The first-order chi connectivity index (χ1) is 11.9. The third-order valence-electron chi connectivity index (χ3n) is 3.28. The summed E-state index contributed by atoms with van der Waals surface area (Å²) in [6, 6.07) is 3.18. The molecule has 0 fully saturated rings. The molecule has 0 unspecified atom stereocenters. The quantitative estimate of drug-likeness (QED) is 0.763. The van der Waals surface area contributed by atoms with Crippen LogP contribution in [0.2, 0.25) is 0 Å². The van der Waals surface area contributed by atoms with Gasteiger partial charge in [-0.05, 0) is 39.8 Å².